The van der Waals surface area contributed by atoms with Gasteiger partial charge in [0.2, 0.25) is 0 Å². The third kappa shape index (κ3) is 3.41. The van der Waals surface area contributed by atoms with Crippen molar-refractivity contribution < 1.29 is 22.1 Å². The van der Waals surface area contributed by atoms with E-state index in [9.17, 15) is 8.42 Å². The summed E-state index contributed by atoms with van der Waals surface area (Å²) in [5, 5.41) is 0. The minimum atomic E-state index is -3.41. The Kier molecular flexibility index (Phi) is 3.30. The van der Waals surface area contributed by atoms with E-state index in [-0.39, 0.29) is 18.8 Å². The molecule has 1 saturated heterocycles. The lowest BCUT2D eigenvalue weighted by Gasteiger charge is -2.39. The van der Waals surface area contributed by atoms with Gasteiger partial charge in [0, 0.05) is 6.42 Å². The zero-order chi connectivity index (χ0) is 10.9. The van der Waals surface area contributed by atoms with Crippen molar-refractivity contribution in [1.82, 2.24) is 0 Å². The molecular weight excluding hydrogens is 220 g/mol. The van der Waals surface area contributed by atoms with Crippen molar-refractivity contribution in [1.29, 1.82) is 0 Å². The molecule has 0 spiro atoms. The molecule has 0 aromatic carbocycles. The monoisotopic (exact) mass is 236 g/mol. The topological polar surface area (TPSA) is 61.8 Å². The SMILES string of the molecule is CS(=O)(=O)OCC1O[C@@H]2CCC[C@@H](C2)O1. The van der Waals surface area contributed by atoms with Crippen LogP contribution in [0.4, 0.5) is 0 Å². The van der Waals surface area contributed by atoms with Gasteiger partial charge >= 0.3 is 0 Å². The van der Waals surface area contributed by atoms with E-state index in [4.69, 9.17) is 9.47 Å². The Hall–Kier alpha value is -0.170. The highest BCUT2D eigenvalue weighted by Crippen LogP contribution is 2.30. The van der Waals surface area contributed by atoms with Crippen LogP contribution < -0.4 is 0 Å². The normalized spacial score (nSPS) is 36.5. The van der Waals surface area contributed by atoms with Gasteiger partial charge in [-0.3, -0.25) is 4.18 Å². The minimum Gasteiger partial charge on any atom is -0.347 e. The smallest absolute Gasteiger partial charge is 0.264 e. The van der Waals surface area contributed by atoms with E-state index >= 15 is 0 Å². The van der Waals surface area contributed by atoms with E-state index in [0.717, 1.165) is 31.9 Å². The second-order valence-corrected chi connectivity index (χ2v) is 5.74. The van der Waals surface area contributed by atoms with Gasteiger partial charge in [-0.05, 0) is 19.3 Å². The number of hydrogen-bond acceptors (Lipinski definition) is 5. The average Bonchev–Trinajstić information content (AvgIpc) is 2.13. The molecule has 2 fully saturated rings. The lowest BCUT2D eigenvalue weighted by molar-refractivity contribution is -0.263. The highest BCUT2D eigenvalue weighted by Gasteiger charge is 2.33. The lowest BCUT2D eigenvalue weighted by atomic mass is 9.94. The molecule has 1 unspecified atom stereocenters. The molecule has 0 radical (unpaired) electrons. The summed E-state index contributed by atoms with van der Waals surface area (Å²) in [7, 11) is -3.41. The van der Waals surface area contributed by atoms with Gasteiger partial charge < -0.3 is 9.47 Å². The third-order valence-corrected chi connectivity index (χ3v) is 3.25. The Bertz CT molecular complexity index is 300. The van der Waals surface area contributed by atoms with Crippen LogP contribution in [0.2, 0.25) is 0 Å². The number of rotatable bonds is 3. The summed E-state index contributed by atoms with van der Waals surface area (Å²) in [5.74, 6) is 0. The van der Waals surface area contributed by atoms with Crippen LogP contribution in [0, 0.1) is 0 Å². The largest absolute Gasteiger partial charge is 0.347 e. The third-order valence-electron chi connectivity index (χ3n) is 2.68. The molecule has 5 nitrogen and oxygen atoms in total. The first-order chi connectivity index (χ1) is 7.03. The fourth-order valence-electron chi connectivity index (χ4n) is 2.07. The molecule has 0 aromatic rings. The Morgan fingerprint density at radius 2 is 1.87 bits per heavy atom. The van der Waals surface area contributed by atoms with Gasteiger partial charge in [-0.2, -0.15) is 8.42 Å². The molecule has 6 heteroatoms. The van der Waals surface area contributed by atoms with E-state index in [1.807, 2.05) is 0 Å². The fourth-order valence-corrected chi connectivity index (χ4v) is 2.43. The summed E-state index contributed by atoms with van der Waals surface area (Å²) in [6.45, 7) is -0.0359. The van der Waals surface area contributed by atoms with Crippen molar-refractivity contribution in [2.75, 3.05) is 12.9 Å². The Morgan fingerprint density at radius 3 is 2.40 bits per heavy atom. The van der Waals surface area contributed by atoms with Gasteiger partial charge in [-0.1, -0.05) is 0 Å². The van der Waals surface area contributed by atoms with Gasteiger partial charge in [0.1, 0.15) is 6.61 Å². The van der Waals surface area contributed by atoms with Gasteiger partial charge in [0.15, 0.2) is 6.29 Å². The summed E-state index contributed by atoms with van der Waals surface area (Å²) in [5.41, 5.74) is 0. The second-order valence-electron chi connectivity index (χ2n) is 4.10. The summed E-state index contributed by atoms with van der Waals surface area (Å²) in [6, 6.07) is 0. The van der Waals surface area contributed by atoms with E-state index < -0.39 is 16.4 Å². The van der Waals surface area contributed by atoms with E-state index in [0.29, 0.717) is 0 Å². The molecule has 1 saturated carbocycles. The first-order valence-electron chi connectivity index (χ1n) is 5.18. The van der Waals surface area contributed by atoms with Crippen LogP contribution in [0.25, 0.3) is 0 Å². The van der Waals surface area contributed by atoms with E-state index in [2.05, 4.69) is 4.18 Å². The van der Waals surface area contributed by atoms with Crippen molar-refractivity contribution >= 4 is 10.1 Å². The predicted molar refractivity (Wildman–Crippen MR) is 52.8 cm³/mol. The molecule has 0 amide bonds. The quantitative estimate of drug-likeness (QED) is 0.673. The van der Waals surface area contributed by atoms with Gasteiger partial charge in [0.25, 0.3) is 10.1 Å². The molecule has 0 aromatic heterocycles. The maximum atomic E-state index is 10.8. The lowest BCUT2D eigenvalue weighted by Crippen LogP contribution is -2.43. The van der Waals surface area contributed by atoms with Crippen LogP contribution in [0.3, 0.4) is 0 Å². The molecule has 2 bridgehead atoms. The first kappa shape index (κ1) is 11.3. The van der Waals surface area contributed by atoms with Crippen molar-refractivity contribution in [3.63, 3.8) is 0 Å². The van der Waals surface area contributed by atoms with Gasteiger partial charge in [-0.25, -0.2) is 0 Å². The Morgan fingerprint density at radius 1 is 1.27 bits per heavy atom. The van der Waals surface area contributed by atoms with Gasteiger partial charge in [0.05, 0.1) is 18.5 Å². The molecule has 88 valence electrons. The second kappa shape index (κ2) is 4.37. The van der Waals surface area contributed by atoms with Crippen LogP contribution >= 0.6 is 0 Å². The van der Waals surface area contributed by atoms with Crippen molar-refractivity contribution in [3.8, 4) is 0 Å². The highest BCUT2D eigenvalue weighted by molar-refractivity contribution is 7.85. The number of hydrogen-bond donors (Lipinski definition) is 0. The Balaban J connectivity index is 1.84. The summed E-state index contributed by atoms with van der Waals surface area (Å²) >= 11 is 0. The molecule has 3 atom stereocenters. The van der Waals surface area contributed by atoms with E-state index in [1.54, 1.807) is 0 Å². The number of fused-ring (bicyclic) bond motifs is 2. The Labute approximate surface area is 89.8 Å². The average molecular weight is 236 g/mol. The van der Waals surface area contributed by atoms with Crippen molar-refractivity contribution in [2.45, 2.75) is 44.2 Å². The van der Waals surface area contributed by atoms with Gasteiger partial charge in [-0.15, -0.1) is 0 Å². The predicted octanol–water partition coefficient (Wildman–Crippen LogP) is 0.647. The van der Waals surface area contributed by atoms with Crippen molar-refractivity contribution in [2.24, 2.45) is 0 Å². The molecule has 2 aliphatic rings. The van der Waals surface area contributed by atoms with Crippen LogP contribution in [0.5, 0.6) is 0 Å². The fraction of sp³-hybridized carbons (Fsp3) is 1.00. The molecule has 1 aliphatic carbocycles. The molecule has 0 N–H and O–H groups in total. The summed E-state index contributed by atoms with van der Waals surface area (Å²) in [6.07, 6.45) is 5.05. The van der Waals surface area contributed by atoms with Crippen LogP contribution in [-0.2, 0) is 23.8 Å². The van der Waals surface area contributed by atoms with E-state index in [1.165, 1.54) is 0 Å². The highest BCUT2D eigenvalue weighted by atomic mass is 32.2. The van der Waals surface area contributed by atoms with Crippen molar-refractivity contribution in [3.05, 3.63) is 0 Å². The van der Waals surface area contributed by atoms with Crippen LogP contribution in [0.1, 0.15) is 25.7 Å². The van der Waals surface area contributed by atoms with Crippen LogP contribution in [-0.4, -0.2) is 39.8 Å². The van der Waals surface area contributed by atoms with Crippen LogP contribution in [0.15, 0.2) is 0 Å². The minimum absolute atomic E-state index is 0.0359. The molecule has 15 heavy (non-hydrogen) atoms. The standard InChI is InChI=1S/C9H16O5S/c1-15(10,11)12-6-9-13-7-3-2-4-8(5-7)14-9/h7-9H,2-6H2,1H3/t7-,8+,9?. The molecule has 1 heterocycles. The maximum Gasteiger partial charge on any atom is 0.264 e. The molecule has 2 rings (SSSR count). The maximum absolute atomic E-state index is 10.8. The zero-order valence-corrected chi connectivity index (χ0v) is 9.53. The zero-order valence-electron chi connectivity index (χ0n) is 8.72. The summed E-state index contributed by atoms with van der Waals surface area (Å²) < 4.78 is 37.3. The molecule has 1 aliphatic heterocycles. The molecular formula is C9H16O5S. The first-order valence-corrected chi connectivity index (χ1v) is 7.00. The summed E-state index contributed by atoms with van der Waals surface area (Å²) in [4.78, 5) is 0. The number of ether oxygens (including phenoxy) is 2.